The molecular weight excluding hydrogens is 288 g/mol. The average Bonchev–Trinajstić information content (AvgIpc) is 3.15. The highest BCUT2D eigenvalue weighted by molar-refractivity contribution is 7.11. The second-order valence-corrected chi connectivity index (χ2v) is 5.65. The zero-order chi connectivity index (χ0) is 15.0. The summed E-state index contributed by atoms with van der Waals surface area (Å²) in [6.45, 7) is 1.80. The SMILES string of the molecule is Cc1ccc([C@H]2OC(c3cccs3)=C(C#N)[C@@H]2C(N)=O)o1. The molecule has 2 atom stereocenters. The first-order valence-electron chi connectivity index (χ1n) is 6.32. The minimum atomic E-state index is -0.836. The highest BCUT2D eigenvalue weighted by Crippen LogP contribution is 2.45. The van der Waals surface area contributed by atoms with Crippen molar-refractivity contribution in [2.45, 2.75) is 13.0 Å². The van der Waals surface area contributed by atoms with Crippen LogP contribution in [-0.2, 0) is 9.53 Å². The summed E-state index contributed by atoms with van der Waals surface area (Å²) in [7, 11) is 0. The topological polar surface area (TPSA) is 89.2 Å². The highest BCUT2D eigenvalue weighted by atomic mass is 32.1. The molecular formula is C15H12N2O3S. The van der Waals surface area contributed by atoms with Crippen molar-refractivity contribution in [1.29, 1.82) is 5.26 Å². The number of ether oxygens (including phenoxy) is 1. The molecule has 106 valence electrons. The third kappa shape index (κ3) is 2.22. The lowest BCUT2D eigenvalue weighted by molar-refractivity contribution is -0.123. The maximum absolute atomic E-state index is 11.8. The minimum Gasteiger partial charge on any atom is -0.479 e. The maximum Gasteiger partial charge on any atom is 0.230 e. The minimum absolute atomic E-state index is 0.254. The number of carbonyl (C=O) groups excluding carboxylic acids is 1. The molecule has 1 aliphatic heterocycles. The summed E-state index contributed by atoms with van der Waals surface area (Å²) in [5.41, 5.74) is 5.73. The lowest BCUT2D eigenvalue weighted by Gasteiger charge is -2.14. The van der Waals surface area contributed by atoms with Gasteiger partial charge in [0.1, 0.15) is 17.4 Å². The smallest absolute Gasteiger partial charge is 0.230 e. The van der Waals surface area contributed by atoms with E-state index in [9.17, 15) is 10.1 Å². The first kappa shape index (κ1) is 13.5. The van der Waals surface area contributed by atoms with Gasteiger partial charge in [-0.15, -0.1) is 11.3 Å². The quantitative estimate of drug-likeness (QED) is 0.943. The number of nitrogens with two attached hydrogens (primary N) is 1. The number of hydrogen-bond acceptors (Lipinski definition) is 5. The highest BCUT2D eigenvalue weighted by Gasteiger charge is 2.44. The first-order chi connectivity index (χ1) is 10.1. The number of aryl methyl sites for hydroxylation is 1. The molecule has 0 radical (unpaired) electrons. The molecule has 3 rings (SSSR count). The van der Waals surface area contributed by atoms with Crippen LogP contribution >= 0.6 is 11.3 Å². The van der Waals surface area contributed by atoms with E-state index in [4.69, 9.17) is 14.9 Å². The van der Waals surface area contributed by atoms with Crippen LogP contribution in [0.4, 0.5) is 0 Å². The molecule has 2 aromatic heterocycles. The summed E-state index contributed by atoms with van der Waals surface area (Å²) in [6, 6.07) is 9.28. The summed E-state index contributed by atoms with van der Waals surface area (Å²) < 4.78 is 11.4. The van der Waals surface area contributed by atoms with E-state index in [2.05, 4.69) is 6.07 Å². The van der Waals surface area contributed by atoms with Crippen molar-refractivity contribution in [3.63, 3.8) is 0 Å². The standard InChI is InChI=1S/C15H12N2O3S/c1-8-4-5-10(19-8)14-12(15(17)18)9(7-16)13(20-14)11-3-2-6-21-11/h2-6,12,14H,1H3,(H2,17,18)/t12-,14+/m0/s1. The molecule has 3 heterocycles. The molecule has 1 aliphatic rings. The number of hydrogen-bond donors (Lipinski definition) is 1. The maximum atomic E-state index is 11.8. The second kappa shape index (κ2) is 5.11. The zero-order valence-corrected chi connectivity index (χ0v) is 12.0. The lowest BCUT2D eigenvalue weighted by atomic mass is 9.93. The van der Waals surface area contributed by atoms with Crippen LogP contribution in [-0.4, -0.2) is 5.91 Å². The van der Waals surface area contributed by atoms with Gasteiger partial charge < -0.3 is 14.9 Å². The number of carbonyl (C=O) groups is 1. The van der Waals surface area contributed by atoms with Gasteiger partial charge in [-0.3, -0.25) is 4.79 Å². The van der Waals surface area contributed by atoms with E-state index >= 15 is 0 Å². The molecule has 0 aliphatic carbocycles. The van der Waals surface area contributed by atoms with Gasteiger partial charge in [0.15, 0.2) is 11.9 Å². The van der Waals surface area contributed by atoms with E-state index in [0.29, 0.717) is 17.3 Å². The van der Waals surface area contributed by atoms with Gasteiger partial charge in [0.2, 0.25) is 5.91 Å². The fourth-order valence-electron chi connectivity index (χ4n) is 2.39. The molecule has 0 aromatic carbocycles. The van der Waals surface area contributed by atoms with Crippen molar-refractivity contribution in [2.75, 3.05) is 0 Å². The molecule has 0 spiro atoms. The molecule has 0 saturated heterocycles. The van der Waals surface area contributed by atoms with Crippen LogP contribution in [0.25, 0.3) is 5.76 Å². The molecule has 2 aromatic rings. The molecule has 0 saturated carbocycles. The Labute approximate surface area is 125 Å². The lowest BCUT2D eigenvalue weighted by Crippen LogP contribution is -2.27. The van der Waals surface area contributed by atoms with Crippen molar-refractivity contribution in [1.82, 2.24) is 0 Å². The van der Waals surface area contributed by atoms with Gasteiger partial charge in [-0.2, -0.15) is 5.26 Å². The molecule has 0 unspecified atom stereocenters. The number of furan rings is 1. The Kier molecular flexibility index (Phi) is 3.28. The summed E-state index contributed by atoms with van der Waals surface area (Å²) in [6.07, 6.45) is -0.692. The normalized spacial score (nSPS) is 21.1. The van der Waals surface area contributed by atoms with Gasteiger partial charge in [-0.05, 0) is 30.5 Å². The molecule has 1 amide bonds. The Hall–Kier alpha value is -2.52. The van der Waals surface area contributed by atoms with Crippen molar-refractivity contribution < 1.29 is 13.9 Å². The Morgan fingerprint density at radius 2 is 2.24 bits per heavy atom. The fourth-order valence-corrected chi connectivity index (χ4v) is 3.12. The summed E-state index contributed by atoms with van der Waals surface area (Å²) in [4.78, 5) is 12.6. The van der Waals surface area contributed by atoms with Crippen LogP contribution in [0.15, 0.2) is 39.6 Å². The second-order valence-electron chi connectivity index (χ2n) is 4.70. The van der Waals surface area contributed by atoms with Crippen LogP contribution < -0.4 is 5.73 Å². The summed E-state index contributed by atoms with van der Waals surface area (Å²) in [5, 5.41) is 11.3. The average molecular weight is 300 g/mol. The number of primary amides is 1. The molecule has 2 N–H and O–H groups in total. The van der Waals surface area contributed by atoms with Gasteiger partial charge >= 0.3 is 0 Å². The number of rotatable bonds is 3. The first-order valence-corrected chi connectivity index (χ1v) is 7.20. The molecule has 0 bridgehead atoms. The Morgan fingerprint density at radius 3 is 2.76 bits per heavy atom. The van der Waals surface area contributed by atoms with Gasteiger partial charge in [0.05, 0.1) is 16.5 Å². The van der Waals surface area contributed by atoms with E-state index in [1.54, 1.807) is 19.1 Å². The molecule has 5 nitrogen and oxygen atoms in total. The number of nitrogens with zero attached hydrogens (tertiary/aromatic N) is 1. The van der Waals surface area contributed by atoms with Gasteiger partial charge in [0.25, 0.3) is 0 Å². The van der Waals surface area contributed by atoms with Crippen molar-refractivity contribution in [3.05, 3.63) is 51.6 Å². The predicted molar refractivity (Wildman–Crippen MR) is 76.8 cm³/mol. The van der Waals surface area contributed by atoms with Crippen LogP contribution in [0.1, 0.15) is 22.5 Å². The number of thiophene rings is 1. The molecule has 6 heteroatoms. The third-order valence-electron chi connectivity index (χ3n) is 3.32. The van der Waals surface area contributed by atoms with Gasteiger partial charge in [-0.25, -0.2) is 0 Å². The van der Waals surface area contributed by atoms with E-state index in [1.165, 1.54) is 11.3 Å². The van der Waals surface area contributed by atoms with Crippen LogP contribution in [0.2, 0.25) is 0 Å². The summed E-state index contributed by atoms with van der Waals surface area (Å²) in [5.74, 6) is 0.181. The summed E-state index contributed by atoms with van der Waals surface area (Å²) >= 11 is 1.44. The van der Waals surface area contributed by atoms with Crippen LogP contribution in [0, 0.1) is 24.2 Å². The third-order valence-corrected chi connectivity index (χ3v) is 4.19. The largest absolute Gasteiger partial charge is 0.479 e. The van der Waals surface area contributed by atoms with Crippen LogP contribution in [0.5, 0.6) is 0 Å². The van der Waals surface area contributed by atoms with Crippen LogP contribution in [0.3, 0.4) is 0 Å². The van der Waals surface area contributed by atoms with Gasteiger partial charge in [0, 0.05) is 0 Å². The molecule has 21 heavy (non-hydrogen) atoms. The predicted octanol–water partition coefficient (Wildman–Crippen LogP) is 2.76. The van der Waals surface area contributed by atoms with Crippen molar-refractivity contribution in [2.24, 2.45) is 11.7 Å². The van der Waals surface area contributed by atoms with Crippen molar-refractivity contribution in [3.8, 4) is 6.07 Å². The van der Waals surface area contributed by atoms with Gasteiger partial charge in [-0.1, -0.05) is 6.07 Å². The Balaban J connectivity index is 2.07. The van der Waals surface area contributed by atoms with E-state index in [1.807, 2.05) is 17.5 Å². The monoisotopic (exact) mass is 300 g/mol. The fraction of sp³-hybridized carbons (Fsp3) is 0.200. The Bertz CT molecular complexity index is 752. The van der Waals surface area contributed by atoms with E-state index in [0.717, 1.165) is 4.88 Å². The van der Waals surface area contributed by atoms with E-state index < -0.39 is 17.9 Å². The Morgan fingerprint density at radius 1 is 1.43 bits per heavy atom. The zero-order valence-electron chi connectivity index (χ0n) is 11.2. The van der Waals surface area contributed by atoms with Crippen molar-refractivity contribution >= 4 is 23.0 Å². The molecule has 0 fully saturated rings. The van der Waals surface area contributed by atoms with E-state index in [-0.39, 0.29) is 5.57 Å². The number of amides is 1. The number of nitriles is 1.